The fourth-order valence-corrected chi connectivity index (χ4v) is 0.971. The maximum absolute atomic E-state index is 12.9. The Hall–Kier alpha value is -1.66. The minimum absolute atomic E-state index is 0.0128. The van der Waals surface area contributed by atoms with E-state index in [9.17, 15) is 26.7 Å². The largest absolute Gasteiger partial charge is 0.478 e. The van der Waals surface area contributed by atoms with Gasteiger partial charge in [0, 0.05) is 0 Å². The van der Waals surface area contributed by atoms with Crippen molar-refractivity contribution in [1.29, 1.82) is 0 Å². The minimum atomic E-state index is -3.63. The van der Waals surface area contributed by atoms with Crippen LogP contribution in [0, 0.1) is 17.5 Å². The second kappa shape index (κ2) is 3.84. The standard InChI is InChI=1S/C8H3F5O2/c9-3-1-2(8(14)15)5(10)4(6(3)11)7(12)13/h1,7H,(H,14,15). The Morgan fingerprint density at radius 1 is 1.20 bits per heavy atom. The van der Waals surface area contributed by atoms with Gasteiger partial charge < -0.3 is 5.11 Å². The zero-order valence-electron chi connectivity index (χ0n) is 6.90. The van der Waals surface area contributed by atoms with Crippen LogP contribution in [0.4, 0.5) is 22.0 Å². The number of carbonyl (C=O) groups is 1. The Morgan fingerprint density at radius 2 is 1.73 bits per heavy atom. The predicted molar refractivity (Wildman–Crippen MR) is 38.2 cm³/mol. The molecule has 0 aliphatic rings. The maximum atomic E-state index is 12.9. The van der Waals surface area contributed by atoms with Crippen LogP contribution in [0.3, 0.4) is 0 Å². The third kappa shape index (κ3) is 1.90. The van der Waals surface area contributed by atoms with Crippen LogP contribution in [0.5, 0.6) is 0 Å². The van der Waals surface area contributed by atoms with Crippen molar-refractivity contribution in [3.63, 3.8) is 0 Å². The Labute approximate surface area is 79.9 Å². The van der Waals surface area contributed by atoms with E-state index in [0.717, 1.165) is 0 Å². The molecule has 0 fully saturated rings. The van der Waals surface area contributed by atoms with Crippen molar-refractivity contribution in [2.45, 2.75) is 6.43 Å². The SMILES string of the molecule is O=C(O)c1cc(F)c(F)c(C(F)F)c1F. The summed E-state index contributed by atoms with van der Waals surface area (Å²) in [5.74, 6) is -7.82. The normalized spacial score (nSPS) is 10.8. The van der Waals surface area contributed by atoms with E-state index in [1.807, 2.05) is 0 Å². The van der Waals surface area contributed by atoms with Gasteiger partial charge in [0.15, 0.2) is 11.6 Å². The number of hydrogen-bond donors (Lipinski definition) is 1. The summed E-state index contributed by atoms with van der Waals surface area (Å²) in [4.78, 5) is 10.3. The van der Waals surface area contributed by atoms with Crippen LogP contribution in [0.1, 0.15) is 22.3 Å². The van der Waals surface area contributed by atoms with Gasteiger partial charge in [-0.05, 0) is 6.07 Å². The number of carboxylic acid groups (broad SMARTS) is 1. The molecular weight excluding hydrogens is 223 g/mol. The molecule has 0 amide bonds. The number of rotatable bonds is 2. The maximum Gasteiger partial charge on any atom is 0.338 e. The van der Waals surface area contributed by atoms with E-state index >= 15 is 0 Å². The number of alkyl halides is 2. The lowest BCUT2D eigenvalue weighted by Crippen LogP contribution is -2.09. The molecule has 1 rings (SSSR count). The van der Waals surface area contributed by atoms with Crippen molar-refractivity contribution in [1.82, 2.24) is 0 Å². The first-order valence-electron chi connectivity index (χ1n) is 3.55. The summed E-state index contributed by atoms with van der Waals surface area (Å²) in [6, 6.07) is 0.0128. The highest BCUT2D eigenvalue weighted by Crippen LogP contribution is 2.28. The number of halogens is 5. The molecule has 0 aromatic heterocycles. The van der Waals surface area contributed by atoms with E-state index in [-0.39, 0.29) is 6.07 Å². The summed E-state index contributed by atoms with van der Waals surface area (Å²) in [5.41, 5.74) is -3.20. The summed E-state index contributed by atoms with van der Waals surface area (Å²) < 4.78 is 62.4. The van der Waals surface area contributed by atoms with E-state index in [1.54, 1.807) is 0 Å². The van der Waals surface area contributed by atoms with E-state index in [0.29, 0.717) is 0 Å². The van der Waals surface area contributed by atoms with Crippen molar-refractivity contribution in [3.05, 3.63) is 34.6 Å². The molecule has 0 saturated heterocycles. The molecule has 0 saturated carbocycles. The highest BCUT2D eigenvalue weighted by Gasteiger charge is 2.27. The molecular formula is C8H3F5O2. The van der Waals surface area contributed by atoms with Gasteiger partial charge in [-0.2, -0.15) is 0 Å². The van der Waals surface area contributed by atoms with Crippen molar-refractivity contribution >= 4 is 5.97 Å². The molecule has 82 valence electrons. The molecule has 0 radical (unpaired) electrons. The van der Waals surface area contributed by atoms with Gasteiger partial charge in [-0.1, -0.05) is 0 Å². The van der Waals surface area contributed by atoms with Crippen LogP contribution in [0.15, 0.2) is 6.07 Å². The monoisotopic (exact) mass is 226 g/mol. The smallest absolute Gasteiger partial charge is 0.338 e. The van der Waals surface area contributed by atoms with Crippen LogP contribution < -0.4 is 0 Å². The predicted octanol–water partition coefficient (Wildman–Crippen LogP) is 2.74. The molecule has 1 aromatic rings. The quantitative estimate of drug-likeness (QED) is 0.621. The average molecular weight is 226 g/mol. The second-order valence-electron chi connectivity index (χ2n) is 2.55. The lowest BCUT2D eigenvalue weighted by molar-refractivity contribution is 0.0689. The average Bonchev–Trinajstić information content (AvgIpc) is 2.10. The lowest BCUT2D eigenvalue weighted by atomic mass is 10.1. The molecule has 0 aliphatic heterocycles. The summed E-state index contributed by atoms with van der Waals surface area (Å²) in [7, 11) is 0. The fraction of sp³-hybridized carbons (Fsp3) is 0.125. The molecule has 0 heterocycles. The fourth-order valence-electron chi connectivity index (χ4n) is 0.971. The van der Waals surface area contributed by atoms with Gasteiger partial charge in [-0.3, -0.25) is 0 Å². The molecule has 0 bridgehead atoms. The molecule has 0 spiro atoms. The highest BCUT2D eigenvalue weighted by atomic mass is 19.3. The molecule has 7 heteroatoms. The van der Waals surface area contributed by atoms with E-state index in [4.69, 9.17) is 5.11 Å². The first-order valence-corrected chi connectivity index (χ1v) is 3.55. The molecule has 0 aliphatic carbocycles. The van der Waals surface area contributed by atoms with Crippen molar-refractivity contribution in [2.24, 2.45) is 0 Å². The first-order chi connectivity index (χ1) is 6.86. The van der Waals surface area contributed by atoms with E-state index in [2.05, 4.69) is 0 Å². The van der Waals surface area contributed by atoms with Crippen molar-refractivity contribution in [3.8, 4) is 0 Å². The minimum Gasteiger partial charge on any atom is -0.478 e. The molecule has 1 N–H and O–H groups in total. The zero-order valence-corrected chi connectivity index (χ0v) is 6.90. The van der Waals surface area contributed by atoms with Crippen LogP contribution in [0.25, 0.3) is 0 Å². The third-order valence-corrected chi connectivity index (χ3v) is 1.64. The molecule has 1 aromatic carbocycles. The Kier molecular flexibility index (Phi) is 2.92. The van der Waals surface area contributed by atoms with Crippen LogP contribution in [0.2, 0.25) is 0 Å². The second-order valence-corrected chi connectivity index (χ2v) is 2.55. The topological polar surface area (TPSA) is 37.3 Å². The van der Waals surface area contributed by atoms with Gasteiger partial charge in [-0.15, -0.1) is 0 Å². The van der Waals surface area contributed by atoms with Crippen LogP contribution >= 0.6 is 0 Å². The van der Waals surface area contributed by atoms with Crippen molar-refractivity contribution in [2.75, 3.05) is 0 Å². The third-order valence-electron chi connectivity index (χ3n) is 1.64. The summed E-state index contributed by atoms with van der Waals surface area (Å²) >= 11 is 0. The lowest BCUT2D eigenvalue weighted by Gasteiger charge is -2.06. The summed E-state index contributed by atoms with van der Waals surface area (Å²) in [6.07, 6.45) is -3.63. The Balaban J connectivity index is 3.56. The Morgan fingerprint density at radius 3 is 2.13 bits per heavy atom. The first kappa shape index (κ1) is 11.4. The van der Waals surface area contributed by atoms with Gasteiger partial charge in [0.2, 0.25) is 0 Å². The Bertz CT molecular complexity index is 416. The zero-order chi connectivity index (χ0) is 11.7. The molecule has 0 atom stereocenters. The molecule has 2 nitrogen and oxygen atoms in total. The van der Waals surface area contributed by atoms with Crippen molar-refractivity contribution < 1.29 is 31.9 Å². The van der Waals surface area contributed by atoms with Gasteiger partial charge in [0.25, 0.3) is 6.43 Å². The van der Waals surface area contributed by atoms with Gasteiger partial charge >= 0.3 is 5.97 Å². The number of carboxylic acids is 1. The number of aromatic carboxylic acids is 1. The van der Waals surface area contributed by atoms with Gasteiger partial charge in [0.05, 0.1) is 11.1 Å². The van der Waals surface area contributed by atoms with Crippen LogP contribution in [-0.2, 0) is 0 Å². The number of benzene rings is 1. The molecule has 0 unspecified atom stereocenters. The van der Waals surface area contributed by atoms with Gasteiger partial charge in [0.1, 0.15) is 5.82 Å². The number of hydrogen-bond acceptors (Lipinski definition) is 1. The van der Waals surface area contributed by atoms with E-state index < -0.39 is 41.0 Å². The summed E-state index contributed by atoms with van der Waals surface area (Å²) in [6.45, 7) is 0. The highest BCUT2D eigenvalue weighted by molar-refractivity contribution is 5.88. The summed E-state index contributed by atoms with van der Waals surface area (Å²) in [5, 5.41) is 8.31. The van der Waals surface area contributed by atoms with E-state index in [1.165, 1.54) is 0 Å². The molecule has 15 heavy (non-hydrogen) atoms. The van der Waals surface area contributed by atoms with Crippen LogP contribution in [-0.4, -0.2) is 11.1 Å². The van der Waals surface area contributed by atoms with Gasteiger partial charge in [-0.25, -0.2) is 26.7 Å².